The van der Waals surface area contributed by atoms with Gasteiger partial charge < -0.3 is 15.9 Å². The molecule has 0 radical (unpaired) electrons. The molecule has 3 rings (SSSR count). The normalized spacial score (nSPS) is 25.2. The van der Waals surface area contributed by atoms with E-state index in [0.717, 1.165) is 6.08 Å². The van der Waals surface area contributed by atoms with Crippen molar-refractivity contribution in [1.29, 1.82) is 0 Å². The molecule has 6 heteroatoms. The Hall–Kier alpha value is -2.44. The number of carbonyl (C=O) groups is 2. The zero-order valence-electron chi connectivity index (χ0n) is 10.4. The molecule has 0 spiro atoms. The Bertz CT molecular complexity index is 729. The van der Waals surface area contributed by atoms with E-state index in [1.54, 1.807) is 6.07 Å². The number of nitrogen functional groups attached to an aromatic ring is 1. The number of fused-ring (bicyclic) bond motifs is 2. The molecule has 0 heterocycles. The highest BCUT2D eigenvalue weighted by Gasteiger charge is 2.44. The molecule has 1 aromatic carbocycles. The van der Waals surface area contributed by atoms with Gasteiger partial charge in [-0.2, -0.15) is 0 Å². The summed E-state index contributed by atoms with van der Waals surface area (Å²) in [4.78, 5) is 24.0. The maximum absolute atomic E-state index is 12.4. The fourth-order valence-electron chi connectivity index (χ4n) is 2.67. The number of hydrogen-bond donors (Lipinski definition) is 4. The molecule has 0 saturated heterocycles. The Kier molecular flexibility index (Phi) is 2.38. The first-order valence-electron chi connectivity index (χ1n) is 5.96. The lowest BCUT2D eigenvalue weighted by Gasteiger charge is -2.34. The number of ketones is 2. The van der Waals surface area contributed by atoms with Gasteiger partial charge in [0, 0.05) is 16.8 Å². The summed E-state index contributed by atoms with van der Waals surface area (Å²) in [6, 6.07) is 4.61. The van der Waals surface area contributed by atoms with E-state index >= 15 is 0 Å². The summed E-state index contributed by atoms with van der Waals surface area (Å²) < 4.78 is 0. The van der Waals surface area contributed by atoms with E-state index in [-0.39, 0.29) is 40.1 Å². The van der Waals surface area contributed by atoms with Crippen molar-refractivity contribution in [3.05, 3.63) is 46.5 Å². The van der Waals surface area contributed by atoms with Crippen LogP contribution in [-0.2, 0) is 4.79 Å². The molecule has 2 aliphatic rings. The number of nitrogens with two attached hydrogens (primary N) is 2. The number of aliphatic hydroxyl groups excluding tert-OH is 1. The molecule has 1 unspecified atom stereocenters. The highest BCUT2D eigenvalue weighted by molar-refractivity contribution is 6.23. The second-order valence-electron chi connectivity index (χ2n) is 4.95. The van der Waals surface area contributed by atoms with Crippen molar-refractivity contribution in [3.63, 3.8) is 0 Å². The summed E-state index contributed by atoms with van der Waals surface area (Å²) >= 11 is 0. The molecule has 1 aromatic rings. The van der Waals surface area contributed by atoms with E-state index in [1.807, 2.05) is 0 Å². The number of allylic oxidation sites excluding steroid dienone is 1. The Labute approximate surface area is 114 Å². The second-order valence-corrected chi connectivity index (χ2v) is 4.95. The topological polar surface area (TPSA) is 127 Å². The van der Waals surface area contributed by atoms with Crippen LogP contribution in [0.25, 0.3) is 5.76 Å². The highest BCUT2D eigenvalue weighted by Crippen LogP contribution is 2.42. The van der Waals surface area contributed by atoms with Crippen LogP contribution in [-0.4, -0.2) is 27.5 Å². The van der Waals surface area contributed by atoms with Gasteiger partial charge in [0.2, 0.25) is 0 Å². The molecule has 6 nitrogen and oxygen atoms in total. The largest absolute Gasteiger partial charge is 0.507 e. The average Bonchev–Trinajstić information content (AvgIpc) is 2.33. The molecule has 0 aliphatic heterocycles. The zero-order chi connectivity index (χ0) is 14.7. The second kappa shape index (κ2) is 3.78. The van der Waals surface area contributed by atoms with Gasteiger partial charge >= 0.3 is 0 Å². The van der Waals surface area contributed by atoms with Gasteiger partial charge in [-0.05, 0) is 12.1 Å². The molecule has 0 saturated carbocycles. The van der Waals surface area contributed by atoms with Crippen LogP contribution in [0, 0.1) is 0 Å². The van der Waals surface area contributed by atoms with Gasteiger partial charge in [0.05, 0.1) is 17.6 Å². The number of benzene rings is 1. The first kappa shape index (κ1) is 12.6. The highest BCUT2D eigenvalue weighted by atomic mass is 16.3. The standard InChI is InChI=1S/C14H12N2O4/c15-9-3-1-2-7-10(9)12(18)8-4-6(17)5-14(16,20)11(8)13(7)19/h1-4,19-20H,5,15-16H2. The SMILES string of the molecule is Nc1cccc2c1C(=O)C1=CC(=O)CC(N)(O)C1=C2O. The molecular formula is C14H12N2O4. The van der Waals surface area contributed by atoms with Crippen LogP contribution >= 0.6 is 0 Å². The van der Waals surface area contributed by atoms with E-state index in [9.17, 15) is 19.8 Å². The van der Waals surface area contributed by atoms with Crippen LogP contribution < -0.4 is 11.5 Å². The third-order valence-electron chi connectivity index (χ3n) is 3.51. The summed E-state index contributed by atoms with van der Waals surface area (Å²) in [5.74, 6) is -1.33. The van der Waals surface area contributed by atoms with Gasteiger partial charge in [-0.25, -0.2) is 0 Å². The van der Waals surface area contributed by atoms with Crippen molar-refractivity contribution >= 4 is 23.0 Å². The number of Topliss-reactive ketones (excluding diaryl/α,β-unsaturated/α-hetero) is 1. The van der Waals surface area contributed by atoms with E-state index < -0.39 is 17.3 Å². The Balaban J connectivity index is 2.41. The molecule has 2 aliphatic carbocycles. The lowest BCUT2D eigenvalue weighted by atomic mass is 9.75. The molecule has 1 atom stereocenters. The zero-order valence-corrected chi connectivity index (χ0v) is 10.4. The minimum Gasteiger partial charge on any atom is -0.507 e. The summed E-state index contributed by atoms with van der Waals surface area (Å²) in [6.45, 7) is 0. The molecule has 102 valence electrons. The first-order chi connectivity index (χ1) is 9.33. The predicted molar refractivity (Wildman–Crippen MR) is 71.6 cm³/mol. The quantitative estimate of drug-likeness (QED) is 0.397. The van der Waals surface area contributed by atoms with Crippen molar-refractivity contribution < 1.29 is 19.8 Å². The summed E-state index contributed by atoms with van der Waals surface area (Å²) in [7, 11) is 0. The molecule has 0 fully saturated rings. The van der Waals surface area contributed by atoms with E-state index in [0.29, 0.717) is 0 Å². The lowest BCUT2D eigenvalue weighted by Crippen LogP contribution is -2.48. The first-order valence-corrected chi connectivity index (χ1v) is 5.96. The summed E-state index contributed by atoms with van der Waals surface area (Å²) in [6.07, 6.45) is 0.700. The third kappa shape index (κ3) is 1.52. The Morgan fingerprint density at radius 3 is 2.65 bits per heavy atom. The predicted octanol–water partition coefficient (Wildman–Crippen LogP) is 0.281. The van der Waals surface area contributed by atoms with Crippen LogP contribution in [0.1, 0.15) is 22.3 Å². The van der Waals surface area contributed by atoms with Crippen molar-refractivity contribution in [2.45, 2.75) is 12.1 Å². The van der Waals surface area contributed by atoms with E-state index in [1.165, 1.54) is 12.1 Å². The Morgan fingerprint density at radius 2 is 1.95 bits per heavy atom. The third-order valence-corrected chi connectivity index (χ3v) is 3.51. The number of rotatable bonds is 0. The van der Waals surface area contributed by atoms with Crippen LogP contribution in [0.2, 0.25) is 0 Å². The average molecular weight is 272 g/mol. The van der Waals surface area contributed by atoms with Crippen molar-refractivity contribution in [3.8, 4) is 0 Å². The van der Waals surface area contributed by atoms with Gasteiger partial charge in [-0.1, -0.05) is 12.1 Å². The van der Waals surface area contributed by atoms with Crippen molar-refractivity contribution in [1.82, 2.24) is 0 Å². The molecule has 20 heavy (non-hydrogen) atoms. The van der Waals surface area contributed by atoms with Gasteiger partial charge in [-0.15, -0.1) is 0 Å². The van der Waals surface area contributed by atoms with Crippen LogP contribution in [0.3, 0.4) is 0 Å². The Morgan fingerprint density at radius 1 is 1.25 bits per heavy atom. The van der Waals surface area contributed by atoms with Crippen molar-refractivity contribution in [2.24, 2.45) is 5.73 Å². The maximum Gasteiger partial charge on any atom is 0.196 e. The molecule has 0 bridgehead atoms. The van der Waals surface area contributed by atoms with Crippen LogP contribution in [0.15, 0.2) is 35.4 Å². The van der Waals surface area contributed by atoms with Gasteiger partial charge in [0.1, 0.15) is 5.76 Å². The molecule has 0 aromatic heterocycles. The van der Waals surface area contributed by atoms with E-state index in [4.69, 9.17) is 11.5 Å². The van der Waals surface area contributed by atoms with Gasteiger partial charge in [0.15, 0.2) is 17.3 Å². The molecular weight excluding hydrogens is 260 g/mol. The van der Waals surface area contributed by atoms with Gasteiger partial charge in [0.25, 0.3) is 0 Å². The van der Waals surface area contributed by atoms with Gasteiger partial charge in [-0.3, -0.25) is 15.3 Å². The maximum atomic E-state index is 12.4. The minimum atomic E-state index is -2.07. The fraction of sp³-hybridized carbons (Fsp3) is 0.143. The molecule has 0 amide bonds. The summed E-state index contributed by atoms with van der Waals surface area (Å²) in [5.41, 5.74) is 9.64. The molecule has 6 N–H and O–H groups in total. The smallest absolute Gasteiger partial charge is 0.196 e. The number of anilines is 1. The van der Waals surface area contributed by atoms with Crippen molar-refractivity contribution in [2.75, 3.05) is 5.73 Å². The monoisotopic (exact) mass is 272 g/mol. The number of aliphatic hydroxyl groups is 2. The fourth-order valence-corrected chi connectivity index (χ4v) is 2.67. The number of carbonyl (C=O) groups excluding carboxylic acids is 2. The van der Waals surface area contributed by atoms with Crippen LogP contribution in [0.5, 0.6) is 0 Å². The van der Waals surface area contributed by atoms with E-state index in [2.05, 4.69) is 0 Å². The summed E-state index contributed by atoms with van der Waals surface area (Å²) in [5, 5.41) is 20.4. The minimum absolute atomic E-state index is 0.103. The number of hydrogen-bond acceptors (Lipinski definition) is 6. The lowest BCUT2D eigenvalue weighted by molar-refractivity contribution is -0.118. The van der Waals surface area contributed by atoms with Crippen LogP contribution in [0.4, 0.5) is 5.69 Å².